The highest BCUT2D eigenvalue weighted by Crippen LogP contribution is 2.33. The lowest BCUT2D eigenvalue weighted by Gasteiger charge is -2.34. The molecule has 2 aromatic carbocycles. The lowest BCUT2D eigenvalue weighted by Crippen LogP contribution is -2.47. The molecule has 1 saturated carbocycles. The summed E-state index contributed by atoms with van der Waals surface area (Å²) in [6.07, 6.45) is 3.35. The van der Waals surface area contributed by atoms with E-state index in [-0.39, 0.29) is 24.4 Å². The number of nitrogens with zero attached hydrogens (tertiary/aromatic N) is 4. The molecule has 1 aliphatic carbocycles. The van der Waals surface area contributed by atoms with E-state index in [1.54, 1.807) is 34.9 Å². The van der Waals surface area contributed by atoms with Gasteiger partial charge in [0, 0.05) is 19.0 Å². The lowest BCUT2D eigenvalue weighted by molar-refractivity contribution is -0.134. The van der Waals surface area contributed by atoms with E-state index in [0.29, 0.717) is 46.6 Å². The molecule has 0 spiro atoms. The minimum absolute atomic E-state index is 0.0299. The predicted molar refractivity (Wildman–Crippen MR) is 133 cm³/mol. The van der Waals surface area contributed by atoms with Crippen LogP contribution in [0.2, 0.25) is 0 Å². The van der Waals surface area contributed by atoms with E-state index in [9.17, 15) is 19.6 Å². The van der Waals surface area contributed by atoms with Crippen LogP contribution < -0.4 is 20.7 Å². The number of carbonyl (C=O) groups excluding carboxylic acids is 1. The van der Waals surface area contributed by atoms with Crippen molar-refractivity contribution in [3.63, 3.8) is 0 Å². The van der Waals surface area contributed by atoms with Crippen LogP contribution in [0.15, 0.2) is 46.0 Å². The number of carbonyl (C=O) groups is 1. The summed E-state index contributed by atoms with van der Waals surface area (Å²) >= 11 is 0. The molecule has 36 heavy (non-hydrogen) atoms. The summed E-state index contributed by atoms with van der Waals surface area (Å²) < 4.78 is 13.5. The Bertz CT molecular complexity index is 1500. The molecule has 0 radical (unpaired) electrons. The third kappa shape index (κ3) is 4.24. The van der Waals surface area contributed by atoms with Crippen LogP contribution in [-0.2, 0) is 11.3 Å². The summed E-state index contributed by atoms with van der Waals surface area (Å²) in [6.45, 7) is 1.14. The van der Waals surface area contributed by atoms with Crippen molar-refractivity contribution >= 4 is 16.8 Å². The first kappa shape index (κ1) is 23.7. The molecule has 5 rings (SSSR count). The van der Waals surface area contributed by atoms with Gasteiger partial charge in [-0.05, 0) is 61.6 Å². The summed E-state index contributed by atoms with van der Waals surface area (Å²) in [4.78, 5) is 42.0. The smallest absolute Gasteiger partial charge is 0.332 e. The van der Waals surface area contributed by atoms with Gasteiger partial charge in [-0.3, -0.25) is 18.7 Å². The zero-order valence-electron chi connectivity index (χ0n) is 20.4. The van der Waals surface area contributed by atoms with E-state index < -0.39 is 11.2 Å². The minimum Gasteiger partial charge on any atom is -0.493 e. The fraction of sp³-hybridized carbons (Fsp3) is 0.407. The van der Waals surface area contributed by atoms with Crippen molar-refractivity contribution in [3.05, 3.63) is 68.4 Å². The topological polar surface area (TPSA) is 107 Å². The van der Waals surface area contributed by atoms with Crippen molar-refractivity contribution in [2.24, 2.45) is 5.92 Å². The van der Waals surface area contributed by atoms with Crippen LogP contribution in [0.1, 0.15) is 42.9 Å². The number of methoxy groups -OCH3 is 2. The van der Waals surface area contributed by atoms with Crippen molar-refractivity contribution in [2.45, 2.75) is 38.3 Å². The zero-order valence-corrected chi connectivity index (χ0v) is 20.4. The molecule has 1 atom stereocenters. The third-order valence-electron chi connectivity index (χ3n) is 7.09. The first-order valence-corrected chi connectivity index (χ1v) is 12.1. The molecule has 9 heteroatoms. The molecular formula is C27H28N4O5. The second kappa shape index (κ2) is 9.53. The number of piperidine rings is 1. The number of benzene rings is 2. The molecule has 1 unspecified atom stereocenters. The number of aromatic nitrogens is 2. The number of rotatable bonds is 6. The summed E-state index contributed by atoms with van der Waals surface area (Å²) in [6, 6.07) is 11.9. The average molecular weight is 489 g/mol. The molecule has 0 bridgehead atoms. The van der Waals surface area contributed by atoms with Gasteiger partial charge in [-0.2, -0.15) is 5.26 Å². The van der Waals surface area contributed by atoms with Gasteiger partial charge in [0.15, 0.2) is 11.5 Å². The Morgan fingerprint density at radius 3 is 2.53 bits per heavy atom. The number of amides is 1. The molecule has 9 nitrogen and oxygen atoms in total. The van der Waals surface area contributed by atoms with E-state index >= 15 is 0 Å². The Morgan fingerprint density at radius 2 is 1.83 bits per heavy atom. The van der Waals surface area contributed by atoms with Gasteiger partial charge in [-0.1, -0.05) is 6.07 Å². The summed E-state index contributed by atoms with van der Waals surface area (Å²) in [5, 5.41) is 9.73. The van der Waals surface area contributed by atoms with Gasteiger partial charge in [0.2, 0.25) is 5.91 Å². The van der Waals surface area contributed by atoms with E-state index in [4.69, 9.17) is 9.47 Å². The highest BCUT2D eigenvalue weighted by molar-refractivity contribution is 5.81. The number of fused-ring (bicyclic) bond motifs is 1. The van der Waals surface area contributed by atoms with Crippen LogP contribution in [0.4, 0.5) is 0 Å². The normalized spacial score (nSPS) is 17.6. The molecule has 3 aromatic rings. The molecule has 2 heterocycles. The van der Waals surface area contributed by atoms with Gasteiger partial charge >= 0.3 is 5.69 Å². The van der Waals surface area contributed by atoms with Gasteiger partial charge in [0.1, 0.15) is 0 Å². The van der Waals surface area contributed by atoms with E-state index in [1.165, 1.54) is 24.9 Å². The van der Waals surface area contributed by atoms with Crippen molar-refractivity contribution < 1.29 is 14.3 Å². The number of likely N-dealkylation sites (tertiary alicyclic amines) is 1. The molecule has 1 aromatic heterocycles. The number of nitriles is 1. The first-order chi connectivity index (χ1) is 17.4. The third-order valence-corrected chi connectivity index (χ3v) is 7.09. The molecule has 1 aliphatic heterocycles. The molecule has 186 valence electrons. The highest BCUT2D eigenvalue weighted by atomic mass is 16.5. The summed E-state index contributed by atoms with van der Waals surface area (Å²) in [7, 11) is 3.07. The molecule has 2 aliphatic rings. The first-order valence-electron chi connectivity index (χ1n) is 12.1. The summed E-state index contributed by atoms with van der Waals surface area (Å²) in [5.74, 6) is 1.31. The second-order valence-electron chi connectivity index (χ2n) is 9.43. The Labute approximate surface area is 208 Å². The van der Waals surface area contributed by atoms with Gasteiger partial charge in [0.05, 0.1) is 49.3 Å². The standard InChI is InChI=1S/C27H28N4O5/c1-35-23-10-6-18(13-24(23)36-2)15-30-26(33)21-12-17(14-28)5-9-22(21)31(27(30)34)20-4-3-11-29(16-20)25(32)19-7-8-19/h5-6,9-10,12-13,19-20H,3-4,7-8,11,15-16H2,1-2H3. The largest absolute Gasteiger partial charge is 0.493 e. The molecule has 1 amide bonds. The Morgan fingerprint density at radius 1 is 1.06 bits per heavy atom. The van der Waals surface area contributed by atoms with Gasteiger partial charge in [-0.25, -0.2) is 4.79 Å². The number of hydrogen-bond acceptors (Lipinski definition) is 6. The predicted octanol–water partition coefficient (Wildman–Crippen LogP) is 2.67. The zero-order chi connectivity index (χ0) is 25.4. The highest BCUT2D eigenvalue weighted by Gasteiger charge is 2.36. The van der Waals surface area contributed by atoms with Crippen molar-refractivity contribution in [1.29, 1.82) is 5.26 Å². The molecule has 2 fully saturated rings. The maximum absolute atomic E-state index is 13.9. The van der Waals surface area contributed by atoms with E-state index in [2.05, 4.69) is 6.07 Å². The monoisotopic (exact) mass is 488 g/mol. The van der Waals surface area contributed by atoms with Crippen LogP contribution in [0.25, 0.3) is 10.9 Å². The Kier molecular flexibility index (Phi) is 6.27. The summed E-state index contributed by atoms with van der Waals surface area (Å²) in [5.41, 5.74) is 0.635. The fourth-order valence-corrected chi connectivity index (χ4v) is 5.06. The molecular weight excluding hydrogens is 460 g/mol. The van der Waals surface area contributed by atoms with Crippen LogP contribution >= 0.6 is 0 Å². The van der Waals surface area contributed by atoms with Crippen molar-refractivity contribution in [3.8, 4) is 17.6 Å². The van der Waals surface area contributed by atoms with Gasteiger partial charge < -0.3 is 14.4 Å². The Hall–Kier alpha value is -4.06. The quantitative estimate of drug-likeness (QED) is 0.528. The number of ether oxygens (including phenoxy) is 2. The lowest BCUT2D eigenvalue weighted by atomic mass is 10.0. The fourth-order valence-electron chi connectivity index (χ4n) is 5.06. The minimum atomic E-state index is -0.458. The molecule has 1 saturated heterocycles. The van der Waals surface area contributed by atoms with Gasteiger partial charge in [0.25, 0.3) is 5.56 Å². The van der Waals surface area contributed by atoms with Crippen LogP contribution in [0.3, 0.4) is 0 Å². The molecule has 0 N–H and O–H groups in total. The van der Waals surface area contributed by atoms with Gasteiger partial charge in [-0.15, -0.1) is 0 Å². The second-order valence-corrected chi connectivity index (χ2v) is 9.43. The Balaban J connectivity index is 1.63. The van der Waals surface area contributed by atoms with Crippen LogP contribution in [0, 0.1) is 17.2 Å². The number of hydrogen-bond donors (Lipinski definition) is 0. The van der Waals surface area contributed by atoms with E-state index in [0.717, 1.165) is 25.7 Å². The van der Waals surface area contributed by atoms with Crippen molar-refractivity contribution in [1.82, 2.24) is 14.0 Å². The maximum atomic E-state index is 13.9. The SMILES string of the molecule is COc1ccc(Cn2c(=O)c3cc(C#N)ccc3n(C3CCCN(C(=O)C4CC4)C3)c2=O)cc1OC. The maximum Gasteiger partial charge on any atom is 0.332 e. The van der Waals surface area contributed by atoms with E-state index in [1.807, 2.05) is 4.90 Å². The van der Waals surface area contributed by atoms with Crippen LogP contribution in [0.5, 0.6) is 11.5 Å². The van der Waals surface area contributed by atoms with Crippen molar-refractivity contribution in [2.75, 3.05) is 27.3 Å². The average Bonchev–Trinajstić information content (AvgIpc) is 3.76. The van der Waals surface area contributed by atoms with Crippen LogP contribution in [-0.4, -0.2) is 47.3 Å².